The predicted octanol–water partition coefficient (Wildman–Crippen LogP) is 6.85. The van der Waals surface area contributed by atoms with Gasteiger partial charge in [0.25, 0.3) is 0 Å². The number of rotatable bonds is 4. The fourth-order valence-electron chi connectivity index (χ4n) is 4.18. The van der Waals surface area contributed by atoms with Crippen LogP contribution in [-0.2, 0) is 6.42 Å². The van der Waals surface area contributed by atoms with Gasteiger partial charge in [0.2, 0.25) is 0 Å². The standard InChI is InChI=1S/C25H27N/c1-19-7-5-6-10-24(19)25-18-23(15-16-26-25)22-13-11-21(12-14-22)17-20-8-3-2-4-9-20/h5-7,10-16,18,20H,2-4,8-9,17H2,1H3. The van der Waals surface area contributed by atoms with Crippen LogP contribution < -0.4 is 0 Å². The number of benzene rings is 2. The first-order valence-corrected chi connectivity index (χ1v) is 9.91. The Labute approximate surface area is 157 Å². The number of nitrogens with zero attached hydrogens (tertiary/aromatic N) is 1. The Hall–Kier alpha value is -2.41. The number of pyridine rings is 1. The summed E-state index contributed by atoms with van der Waals surface area (Å²) in [5, 5.41) is 0. The average molecular weight is 341 g/mol. The van der Waals surface area contributed by atoms with Crippen molar-refractivity contribution < 1.29 is 0 Å². The van der Waals surface area contributed by atoms with Crippen LogP contribution in [0, 0.1) is 12.8 Å². The molecule has 1 aliphatic rings. The van der Waals surface area contributed by atoms with Gasteiger partial charge in [-0.2, -0.15) is 0 Å². The zero-order chi connectivity index (χ0) is 17.8. The normalized spacial score (nSPS) is 15.1. The van der Waals surface area contributed by atoms with E-state index in [1.807, 2.05) is 6.20 Å². The smallest absolute Gasteiger partial charge is 0.0710 e. The minimum absolute atomic E-state index is 0.892. The van der Waals surface area contributed by atoms with Crippen LogP contribution in [0.25, 0.3) is 22.4 Å². The quantitative estimate of drug-likeness (QED) is 0.506. The molecule has 1 heteroatoms. The van der Waals surface area contributed by atoms with Crippen LogP contribution in [0.4, 0.5) is 0 Å². The summed E-state index contributed by atoms with van der Waals surface area (Å²) >= 11 is 0. The molecule has 1 aromatic heterocycles. The topological polar surface area (TPSA) is 12.9 Å². The highest BCUT2D eigenvalue weighted by Crippen LogP contribution is 2.29. The Morgan fingerprint density at radius 1 is 0.846 bits per heavy atom. The lowest BCUT2D eigenvalue weighted by Crippen LogP contribution is -2.09. The second kappa shape index (κ2) is 7.86. The Morgan fingerprint density at radius 2 is 1.62 bits per heavy atom. The van der Waals surface area contributed by atoms with E-state index in [1.54, 1.807) is 0 Å². The highest BCUT2D eigenvalue weighted by molar-refractivity contribution is 5.71. The molecule has 26 heavy (non-hydrogen) atoms. The number of aryl methyl sites for hydroxylation is 1. The lowest BCUT2D eigenvalue weighted by molar-refractivity contribution is 0.356. The van der Waals surface area contributed by atoms with E-state index in [1.165, 1.54) is 66.3 Å². The molecule has 1 saturated carbocycles. The number of aromatic nitrogens is 1. The summed E-state index contributed by atoms with van der Waals surface area (Å²) in [5.74, 6) is 0.892. The van der Waals surface area contributed by atoms with Gasteiger partial charge in [-0.15, -0.1) is 0 Å². The zero-order valence-electron chi connectivity index (χ0n) is 15.6. The lowest BCUT2D eigenvalue weighted by atomic mass is 9.84. The van der Waals surface area contributed by atoms with Crippen LogP contribution in [0.2, 0.25) is 0 Å². The molecule has 0 N–H and O–H groups in total. The first kappa shape index (κ1) is 17.0. The lowest BCUT2D eigenvalue weighted by Gasteiger charge is -2.21. The van der Waals surface area contributed by atoms with Crippen LogP contribution >= 0.6 is 0 Å². The first-order valence-electron chi connectivity index (χ1n) is 9.91. The van der Waals surface area contributed by atoms with E-state index in [-0.39, 0.29) is 0 Å². The van der Waals surface area contributed by atoms with E-state index in [2.05, 4.69) is 72.6 Å². The van der Waals surface area contributed by atoms with Gasteiger partial charge in [-0.05, 0) is 53.6 Å². The minimum Gasteiger partial charge on any atom is -0.256 e. The summed E-state index contributed by atoms with van der Waals surface area (Å²) in [6.45, 7) is 2.14. The molecule has 4 rings (SSSR count). The molecule has 1 nitrogen and oxygen atoms in total. The van der Waals surface area contributed by atoms with Gasteiger partial charge in [-0.1, -0.05) is 80.6 Å². The van der Waals surface area contributed by atoms with Crippen LogP contribution in [0.15, 0.2) is 66.9 Å². The average Bonchev–Trinajstić information content (AvgIpc) is 2.70. The summed E-state index contributed by atoms with van der Waals surface area (Å²) in [7, 11) is 0. The Morgan fingerprint density at radius 3 is 2.38 bits per heavy atom. The van der Waals surface area contributed by atoms with Gasteiger partial charge in [-0.3, -0.25) is 4.98 Å². The van der Waals surface area contributed by atoms with E-state index in [9.17, 15) is 0 Å². The largest absolute Gasteiger partial charge is 0.256 e. The predicted molar refractivity (Wildman–Crippen MR) is 110 cm³/mol. The molecule has 0 aliphatic heterocycles. The SMILES string of the molecule is Cc1ccccc1-c1cc(-c2ccc(CC3CCCCC3)cc2)ccn1. The van der Waals surface area contributed by atoms with Crippen molar-refractivity contribution in [2.75, 3.05) is 0 Å². The molecular formula is C25H27N. The van der Waals surface area contributed by atoms with Gasteiger partial charge in [-0.25, -0.2) is 0 Å². The van der Waals surface area contributed by atoms with E-state index in [4.69, 9.17) is 0 Å². The molecule has 1 fully saturated rings. The Balaban J connectivity index is 1.54. The molecule has 0 unspecified atom stereocenters. The van der Waals surface area contributed by atoms with Crippen LogP contribution in [0.5, 0.6) is 0 Å². The van der Waals surface area contributed by atoms with Gasteiger partial charge in [0.05, 0.1) is 5.69 Å². The molecule has 1 aliphatic carbocycles. The summed E-state index contributed by atoms with van der Waals surface area (Å²) in [4.78, 5) is 4.59. The van der Waals surface area contributed by atoms with E-state index in [0.717, 1.165) is 11.6 Å². The third-order valence-electron chi connectivity index (χ3n) is 5.72. The molecule has 1 heterocycles. The fourth-order valence-corrected chi connectivity index (χ4v) is 4.18. The van der Waals surface area contributed by atoms with Crippen molar-refractivity contribution in [2.24, 2.45) is 5.92 Å². The zero-order valence-corrected chi connectivity index (χ0v) is 15.6. The summed E-state index contributed by atoms with van der Waals surface area (Å²) < 4.78 is 0. The highest BCUT2D eigenvalue weighted by Gasteiger charge is 2.14. The maximum atomic E-state index is 4.59. The van der Waals surface area contributed by atoms with Crippen molar-refractivity contribution in [1.29, 1.82) is 0 Å². The van der Waals surface area contributed by atoms with Crippen molar-refractivity contribution in [3.05, 3.63) is 78.0 Å². The monoisotopic (exact) mass is 341 g/mol. The summed E-state index contributed by atoms with van der Waals surface area (Å²) in [6, 6.07) is 21.9. The number of hydrogen-bond acceptors (Lipinski definition) is 1. The molecule has 3 aromatic rings. The van der Waals surface area contributed by atoms with E-state index in [0.29, 0.717) is 0 Å². The molecule has 132 valence electrons. The van der Waals surface area contributed by atoms with Crippen molar-refractivity contribution in [3.63, 3.8) is 0 Å². The maximum absolute atomic E-state index is 4.59. The van der Waals surface area contributed by atoms with Crippen molar-refractivity contribution in [1.82, 2.24) is 4.98 Å². The molecule has 0 amide bonds. The fraction of sp³-hybridized carbons (Fsp3) is 0.320. The minimum atomic E-state index is 0.892. The van der Waals surface area contributed by atoms with Gasteiger partial charge in [0.15, 0.2) is 0 Å². The molecule has 0 atom stereocenters. The summed E-state index contributed by atoms with van der Waals surface area (Å²) in [6.07, 6.45) is 10.2. The van der Waals surface area contributed by atoms with Gasteiger partial charge >= 0.3 is 0 Å². The molecule has 0 saturated heterocycles. The Kier molecular flexibility index (Phi) is 5.15. The van der Waals surface area contributed by atoms with Crippen molar-refractivity contribution >= 4 is 0 Å². The van der Waals surface area contributed by atoms with E-state index >= 15 is 0 Å². The Bertz CT molecular complexity index is 857. The van der Waals surface area contributed by atoms with Crippen LogP contribution in [-0.4, -0.2) is 4.98 Å². The molecule has 2 aromatic carbocycles. The van der Waals surface area contributed by atoms with Gasteiger partial charge in [0.1, 0.15) is 0 Å². The number of hydrogen-bond donors (Lipinski definition) is 0. The second-order valence-electron chi connectivity index (χ2n) is 7.65. The van der Waals surface area contributed by atoms with Crippen molar-refractivity contribution in [2.45, 2.75) is 45.4 Å². The first-order chi connectivity index (χ1) is 12.8. The highest BCUT2D eigenvalue weighted by atomic mass is 14.7. The van der Waals surface area contributed by atoms with Crippen molar-refractivity contribution in [3.8, 4) is 22.4 Å². The molecule has 0 spiro atoms. The van der Waals surface area contributed by atoms with Gasteiger partial charge < -0.3 is 0 Å². The molecule has 0 bridgehead atoms. The van der Waals surface area contributed by atoms with Gasteiger partial charge in [0, 0.05) is 11.8 Å². The van der Waals surface area contributed by atoms with Crippen LogP contribution in [0.3, 0.4) is 0 Å². The maximum Gasteiger partial charge on any atom is 0.0710 e. The third-order valence-corrected chi connectivity index (χ3v) is 5.72. The van der Waals surface area contributed by atoms with Crippen LogP contribution in [0.1, 0.15) is 43.2 Å². The molecule has 0 radical (unpaired) electrons. The van der Waals surface area contributed by atoms with E-state index < -0.39 is 0 Å². The molecular weight excluding hydrogens is 314 g/mol. The third kappa shape index (κ3) is 3.88. The summed E-state index contributed by atoms with van der Waals surface area (Å²) in [5.41, 5.74) is 7.51. The second-order valence-corrected chi connectivity index (χ2v) is 7.65.